The molecule has 0 aliphatic rings. The fourth-order valence-corrected chi connectivity index (χ4v) is 2.65. The zero-order valence-corrected chi connectivity index (χ0v) is 12.1. The molecule has 2 rings (SSSR count). The maximum Gasteiger partial charge on any atom is 0.0815 e. The van der Waals surface area contributed by atoms with Crippen LogP contribution in [-0.4, -0.2) is 30.0 Å². The summed E-state index contributed by atoms with van der Waals surface area (Å²) < 4.78 is 1.27. The van der Waals surface area contributed by atoms with E-state index < -0.39 is 0 Å². The van der Waals surface area contributed by atoms with Crippen molar-refractivity contribution in [3.8, 4) is 0 Å². The van der Waals surface area contributed by atoms with Gasteiger partial charge in [0.1, 0.15) is 0 Å². The van der Waals surface area contributed by atoms with Crippen molar-refractivity contribution in [2.75, 3.05) is 14.1 Å². The Kier molecular flexibility index (Phi) is 3.54. The molecule has 1 aromatic carbocycles. The minimum atomic E-state index is 0.563. The number of likely N-dealkylation sites (N-methyl/N-ethyl adjacent to an activating group) is 1. The van der Waals surface area contributed by atoms with Crippen LogP contribution in [-0.2, 0) is 6.42 Å². The molecule has 1 heterocycles. The molecule has 0 fully saturated rings. The summed E-state index contributed by atoms with van der Waals surface area (Å²) in [6.45, 7) is 2.26. The zero-order chi connectivity index (χ0) is 11.7. The predicted octanol–water partition coefficient (Wildman–Crippen LogP) is 3.27. The molecule has 0 aliphatic heterocycles. The highest BCUT2D eigenvalue weighted by Crippen LogP contribution is 2.25. The second-order valence-corrected chi connectivity index (χ2v) is 5.56. The summed E-state index contributed by atoms with van der Waals surface area (Å²) in [6.07, 6.45) is 1.09. The van der Waals surface area contributed by atoms with Gasteiger partial charge in [0, 0.05) is 16.9 Å². The summed E-state index contributed by atoms with van der Waals surface area (Å²) in [5.74, 6) is 0. The van der Waals surface area contributed by atoms with Crippen molar-refractivity contribution in [1.29, 1.82) is 0 Å². The molecule has 2 nitrogen and oxygen atoms in total. The van der Waals surface area contributed by atoms with Gasteiger partial charge in [0.2, 0.25) is 0 Å². The Labute approximate surface area is 110 Å². The first-order valence-electron chi connectivity index (χ1n) is 5.51. The fourth-order valence-electron chi connectivity index (χ4n) is 1.84. The average molecular weight is 328 g/mol. The SMILES string of the molecule is C[C@H](Cc1c(I)[nH]c2ccccc12)N(C)C. The van der Waals surface area contributed by atoms with E-state index in [0.717, 1.165) is 6.42 Å². The highest BCUT2D eigenvalue weighted by molar-refractivity contribution is 14.1. The fraction of sp³-hybridized carbons (Fsp3) is 0.385. The topological polar surface area (TPSA) is 19.0 Å². The molecule has 0 bridgehead atoms. The molecule has 86 valence electrons. The minimum Gasteiger partial charge on any atom is -0.350 e. The van der Waals surface area contributed by atoms with Crippen LogP contribution in [0.25, 0.3) is 10.9 Å². The summed E-state index contributed by atoms with van der Waals surface area (Å²) in [5.41, 5.74) is 2.69. The molecule has 1 N–H and O–H groups in total. The Balaban J connectivity index is 2.40. The molecule has 0 unspecified atom stereocenters. The van der Waals surface area contributed by atoms with Crippen molar-refractivity contribution in [3.63, 3.8) is 0 Å². The molecule has 0 radical (unpaired) electrons. The second-order valence-electron chi connectivity index (χ2n) is 4.48. The van der Waals surface area contributed by atoms with Crippen LogP contribution in [0.2, 0.25) is 0 Å². The van der Waals surface area contributed by atoms with E-state index >= 15 is 0 Å². The van der Waals surface area contributed by atoms with Crippen molar-refractivity contribution in [2.24, 2.45) is 0 Å². The quantitative estimate of drug-likeness (QED) is 0.857. The Bertz CT molecular complexity index is 488. The number of aromatic nitrogens is 1. The van der Waals surface area contributed by atoms with Gasteiger partial charge in [0.15, 0.2) is 0 Å². The molecule has 0 spiro atoms. The highest BCUT2D eigenvalue weighted by atomic mass is 127. The van der Waals surface area contributed by atoms with Crippen molar-refractivity contribution in [3.05, 3.63) is 33.5 Å². The third-order valence-corrected chi connectivity index (χ3v) is 4.06. The monoisotopic (exact) mass is 328 g/mol. The van der Waals surface area contributed by atoms with Crippen LogP contribution in [0.4, 0.5) is 0 Å². The van der Waals surface area contributed by atoms with Gasteiger partial charge in [-0.25, -0.2) is 0 Å². The summed E-state index contributed by atoms with van der Waals surface area (Å²) in [7, 11) is 4.26. The molecule has 0 saturated heterocycles. The summed E-state index contributed by atoms with van der Waals surface area (Å²) in [5, 5.41) is 1.36. The van der Waals surface area contributed by atoms with Crippen molar-refractivity contribution in [1.82, 2.24) is 9.88 Å². The van der Waals surface area contributed by atoms with E-state index in [1.807, 2.05) is 0 Å². The van der Waals surface area contributed by atoms with Gasteiger partial charge >= 0.3 is 0 Å². The first-order chi connectivity index (χ1) is 7.59. The summed E-state index contributed by atoms with van der Waals surface area (Å²) in [6, 6.07) is 9.09. The average Bonchev–Trinajstić information content (AvgIpc) is 2.55. The number of halogens is 1. The van der Waals surface area contributed by atoms with Crippen LogP contribution < -0.4 is 0 Å². The number of H-pyrrole nitrogens is 1. The molecule has 2 aromatic rings. The lowest BCUT2D eigenvalue weighted by Gasteiger charge is -2.19. The molecular formula is C13H17IN2. The molecule has 3 heteroatoms. The third kappa shape index (κ3) is 2.25. The van der Waals surface area contributed by atoms with Crippen molar-refractivity contribution >= 4 is 33.5 Å². The molecular weight excluding hydrogens is 311 g/mol. The van der Waals surface area contributed by atoms with Gasteiger partial charge in [0.25, 0.3) is 0 Å². The normalized spacial score (nSPS) is 13.6. The van der Waals surface area contributed by atoms with Crippen LogP contribution >= 0.6 is 22.6 Å². The lowest BCUT2D eigenvalue weighted by Crippen LogP contribution is -2.26. The Hall–Kier alpha value is -0.550. The van der Waals surface area contributed by atoms with E-state index in [1.54, 1.807) is 0 Å². The van der Waals surface area contributed by atoms with Crippen LogP contribution in [0.5, 0.6) is 0 Å². The number of aromatic amines is 1. The zero-order valence-electron chi connectivity index (χ0n) is 9.92. The number of nitrogens with one attached hydrogen (secondary N) is 1. The Morgan fingerprint density at radius 3 is 2.69 bits per heavy atom. The number of hydrogen-bond donors (Lipinski definition) is 1. The van der Waals surface area contributed by atoms with E-state index in [9.17, 15) is 0 Å². The standard InChI is InChI=1S/C13H17IN2/c1-9(16(2)3)8-11-10-6-4-5-7-12(10)15-13(11)14/h4-7,9,15H,8H2,1-3H3/t9-/m1/s1. The Morgan fingerprint density at radius 2 is 2.00 bits per heavy atom. The molecule has 1 atom stereocenters. The third-order valence-electron chi connectivity index (χ3n) is 3.14. The summed E-state index contributed by atoms with van der Waals surface area (Å²) >= 11 is 2.40. The summed E-state index contributed by atoms with van der Waals surface area (Å²) in [4.78, 5) is 5.70. The van der Waals surface area contributed by atoms with Crippen LogP contribution in [0.3, 0.4) is 0 Å². The second kappa shape index (κ2) is 4.75. The maximum atomic E-state index is 3.44. The smallest absolute Gasteiger partial charge is 0.0815 e. The molecule has 0 amide bonds. The van der Waals surface area contributed by atoms with Crippen molar-refractivity contribution in [2.45, 2.75) is 19.4 Å². The number of para-hydroxylation sites is 1. The van der Waals surface area contributed by atoms with E-state index in [-0.39, 0.29) is 0 Å². The minimum absolute atomic E-state index is 0.563. The van der Waals surface area contributed by atoms with Gasteiger partial charge in [-0.15, -0.1) is 0 Å². The van der Waals surface area contributed by atoms with E-state index in [0.29, 0.717) is 6.04 Å². The highest BCUT2D eigenvalue weighted by Gasteiger charge is 2.13. The van der Waals surface area contributed by atoms with Crippen LogP contribution in [0, 0.1) is 3.70 Å². The number of benzene rings is 1. The first kappa shape index (κ1) is 11.9. The molecule has 16 heavy (non-hydrogen) atoms. The molecule has 0 aliphatic carbocycles. The van der Waals surface area contributed by atoms with Crippen LogP contribution in [0.1, 0.15) is 12.5 Å². The largest absolute Gasteiger partial charge is 0.350 e. The van der Waals surface area contributed by atoms with E-state index in [2.05, 4.69) is 77.8 Å². The number of hydrogen-bond acceptors (Lipinski definition) is 1. The van der Waals surface area contributed by atoms with Gasteiger partial charge in [-0.2, -0.15) is 0 Å². The lowest BCUT2D eigenvalue weighted by atomic mass is 10.1. The first-order valence-corrected chi connectivity index (χ1v) is 6.59. The Morgan fingerprint density at radius 1 is 1.31 bits per heavy atom. The number of fused-ring (bicyclic) bond motifs is 1. The predicted molar refractivity (Wildman–Crippen MR) is 77.9 cm³/mol. The van der Waals surface area contributed by atoms with E-state index in [4.69, 9.17) is 0 Å². The number of nitrogens with zero attached hydrogens (tertiary/aromatic N) is 1. The molecule has 0 saturated carbocycles. The van der Waals surface area contributed by atoms with Gasteiger partial charge < -0.3 is 9.88 Å². The maximum absolute atomic E-state index is 3.44. The number of rotatable bonds is 3. The lowest BCUT2D eigenvalue weighted by molar-refractivity contribution is 0.312. The van der Waals surface area contributed by atoms with Crippen molar-refractivity contribution < 1.29 is 0 Å². The van der Waals surface area contributed by atoms with Crippen LogP contribution in [0.15, 0.2) is 24.3 Å². The van der Waals surface area contributed by atoms with Gasteiger partial charge in [0.05, 0.1) is 3.70 Å². The van der Waals surface area contributed by atoms with E-state index in [1.165, 1.54) is 20.2 Å². The molecule has 1 aromatic heterocycles. The van der Waals surface area contributed by atoms with Gasteiger partial charge in [-0.3, -0.25) is 0 Å². The van der Waals surface area contributed by atoms with Gasteiger partial charge in [-0.1, -0.05) is 18.2 Å². The van der Waals surface area contributed by atoms with Gasteiger partial charge in [-0.05, 0) is 61.7 Å².